The smallest absolute Gasteiger partial charge is 0.328 e. The van der Waals surface area contributed by atoms with Crippen LogP contribution in [0.3, 0.4) is 0 Å². The fraction of sp³-hybridized carbons (Fsp3) is 0.667. The normalized spacial score (nSPS) is 17.9. The summed E-state index contributed by atoms with van der Waals surface area (Å²) in [6.07, 6.45) is 0.0996. The quantitative estimate of drug-likeness (QED) is 0.0289. The topological polar surface area (TPSA) is 588 Å². The molecular weight excluding hydrogens is 1440 g/mol. The number of amides is 14. The van der Waals surface area contributed by atoms with E-state index in [1.807, 2.05) is 10.6 Å². The summed E-state index contributed by atoms with van der Waals surface area (Å²) in [4.78, 5) is 229. The molecule has 2 aliphatic rings. The molecule has 0 radical (unpaired) electrons. The van der Waals surface area contributed by atoms with Crippen LogP contribution >= 0.6 is 11.8 Å². The Hall–Kier alpha value is -9.60. The average molecular weight is 1550 g/mol. The molecule has 0 bridgehead atoms. The van der Waals surface area contributed by atoms with Crippen LogP contribution in [-0.2, 0) is 87.9 Å². The molecule has 3 rings (SSSR count). The summed E-state index contributed by atoms with van der Waals surface area (Å²) in [6, 6.07) is -11.4. The van der Waals surface area contributed by atoms with Crippen molar-refractivity contribution in [2.75, 3.05) is 44.9 Å². The van der Waals surface area contributed by atoms with Gasteiger partial charge in [0.05, 0.1) is 32.4 Å². The van der Waals surface area contributed by atoms with Crippen LogP contribution in [-0.4, -0.2) is 272 Å². The first kappa shape index (κ1) is 92.6. The van der Waals surface area contributed by atoms with Crippen molar-refractivity contribution in [3.05, 3.63) is 35.9 Å². The van der Waals surface area contributed by atoms with Crippen molar-refractivity contribution in [1.82, 2.24) is 74.0 Å². The SMILES string of the molecule is CC[C@H](C)[C@H](NC(=O)[C@@H](NC(=O)[C@H](CCC(=O)O)NC(=O)[C@@H]1CCC[NH2+]1)C(C)C)C(=O)N1CCC[C@H]1C(=O)N[C@@H](CCSC)C(=O)N[C@@H](Cc1ccccc1)C(=O)N[C@@H](CO)C(=O)N[C@@H](C)C(=O)N[C@@H](CC(C)C)C(=O)N[C@@H](CO)C(=O)N[C@@H](CCC(=O)O)C(=O)NCC(=O)N[C@@H](C)C(=O)N[C@H](C(=O)O)[C@@H](C)O. The molecule has 21 N–H and O–H groups in total. The van der Waals surface area contributed by atoms with E-state index in [9.17, 15) is 112 Å². The van der Waals surface area contributed by atoms with Gasteiger partial charge < -0.3 is 110 Å². The summed E-state index contributed by atoms with van der Waals surface area (Å²) < 4.78 is 0. The number of likely N-dealkylation sites (tertiary alicyclic amines) is 1. The third-order valence-corrected chi connectivity index (χ3v) is 18.7. The number of carbonyl (C=O) groups excluding carboxylic acids is 14. The lowest BCUT2D eigenvalue weighted by Crippen LogP contribution is -2.89. The van der Waals surface area contributed by atoms with Gasteiger partial charge in [-0.1, -0.05) is 78.3 Å². The highest BCUT2D eigenvalue weighted by molar-refractivity contribution is 7.98. The molecular formula is C69H110N15O23S+. The Balaban J connectivity index is 1.77. The second kappa shape index (κ2) is 46.6. The minimum atomic E-state index is -1.86. The molecule has 604 valence electrons. The number of benzene rings is 1. The molecule has 0 spiro atoms. The number of nitrogens with two attached hydrogens (primary N) is 1. The summed E-state index contributed by atoms with van der Waals surface area (Å²) in [5.74, 6) is -18.1. The molecule has 1 aromatic rings. The van der Waals surface area contributed by atoms with E-state index in [1.54, 1.807) is 78.1 Å². The van der Waals surface area contributed by atoms with Crippen LogP contribution in [0.1, 0.15) is 139 Å². The minimum absolute atomic E-state index is 0.00875. The van der Waals surface area contributed by atoms with E-state index in [0.29, 0.717) is 37.1 Å². The highest BCUT2D eigenvalue weighted by Crippen LogP contribution is 2.23. The van der Waals surface area contributed by atoms with Crippen molar-refractivity contribution in [3.8, 4) is 0 Å². The van der Waals surface area contributed by atoms with Gasteiger partial charge in [0.25, 0.3) is 5.91 Å². The van der Waals surface area contributed by atoms with E-state index in [2.05, 4.69) is 63.8 Å². The number of hydrogen-bond donors (Lipinski definition) is 20. The number of rotatable bonds is 47. The third kappa shape index (κ3) is 30.9. The number of carbonyl (C=O) groups is 17. The van der Waals surface area contributed by atoms with Crippen molar-refractivity contribution in [3.63, 3.8) is 0 Å². The highest BCUT2D eigenvalue weighted by atomic mass is 32.2. The maximum atomic E-state index is 14.7. The number of nitrogens with zero attached hydrogens (tertiary/aromatic N) is 1. The van der Waals surface area contributed by atoms with Gasteiger partial charge in [-0.25, -0.2) is 4.79 Å². The number of carboxylic acid groups (broad SMARTS) is 3. The van der Waals surface area contributed by atoms with E-state index in [0.717, 1.165) is 13.3 Å². The number of hydrogen-bond acceptors (Lipinski definition) is 21. The van der Waals surface area contributed by atoms with Gasteiger partial charge in [0.15, 0.2) is 12.1 Å². The maximum Gasteiger partial charge on any atom is 0.328 e. The number of carboxylic acids is 3. The minimum Gasteiger partial charge on any atom is -0.481 e. The second-order valence-electron chi connectivity index (χ2n) is 27.6. The predicted octanol–water partition coefficient (Wildman–Crippen LogP) is -6.40. The lowest BCUT2D eigenvalue weighted by Gasteiger charge is -2.33. The lowest BCUT2D eigenvalue weighted by molar-refractivity contribution is -0.657. The standard InChI is InChI=1S/C69H109N15O23S/c1-11-36(6)54(82-67(104)53(35(4)5)81-61(98)43(22-24-52(91)92)75-59(96)41-19-15-26-70-41)68(105)84-27-16-20-49(84)66(103)76-44(25-28-108-10)60(97)78-46(30-40-17-13-12-14-18-40)63(100)79-47(32-85)64(101)73-38(8)56(93)77-45(29-34(2)3)62(99)80-48(33-86)65(102)74-42(21-23-51(89)90)58(95)71-31-50(88)72-37(7)57(94)83-55(39(9)87)69(106)107/h12-14,17-18,34-39,41-49,53-55,70,85-87H,11,15-16,19-33H2,1-10H3,(H,71,95)(H,72,88)(H,73,101)(H,74,102)(H,75,96)(H,76,103)(H,77,93)(H,78,97)(H,79,100)(H,80,99)(H,81,98)(H,82,104)(H,83,94)(H,89,90)(H,91,92)(H,106,107)/p+1/t36-,37-,38-,39+,41-,42-,43-,44-,45-,46-,47-,48-,49-,53-,54-,55-/m0/s1. The molecule has 2 aliphatic heterocycles. The Bertz CT molecular complexity index is 3290. The van der Waals surface area contributed by atoms with Gasteiger partial charge in [0, 0.05) is 38.6 Å². The van der Waals surface area contributed by atoms with E-state index in [-0.39, 0.29) is 44.6 Å². The Kier molecular flexibility index (Phi) is 39.9. The molecule has 0 saturated carbocycles. The molecule has 39 heteroatoms. The van der Waals surface area contributed by atoms with Crippen LogP contribution in [0.2, 0.25) is 0 Å². The third-order valence-electron chi connectivity index (χ3n) is 18.1. The molecule has 2 fully saturated rings. The Morgan fingerprint density at radius 3 is 1.53 bits per heavy atom. The van der Waals surface area contributed by atoms with Crippen molar-refractivity contribution in [2.24, 2.45) is 17.8 Å². The van der Waals surface area contributed by atoms with Crippen molar-refractivity contribution in [1.29, 1.82) is 0 Å². The molecule has 0 aromatic heterocycles. The largest absolute Gasteiger partial charge is 0.481 e. The Morgan fingerprint density at radius 1 is 0.519 bits per heavy atom. The summed E-state index contributed by atoms with van der Waals surface area (Å²) in [7, 11) is 0. The molecule has 38 nitrogen and oxygen atoms in total. The van der Waals surface area contributed by atoms with Gasteiger partial charge in [-0.2, -0.15) is 11.8 Å². The summed E-state index contributed by atoms with van der Waals surface area (Å²) >= 11 is 1.33. The van der Waals surface area contributed by atoms with E-state index >= 15 is 0 Å². The van der Waals surface area contributed by atoms with Crippen LogP contribution < -0.4 is 74.4 Å². The van der Waals surface area contributed by atoms with E-state index < -0.39 is 242 Å². The Labute approximate surface area is 630 Å². The Morgan fingerprint density at radius 2 is 1.00 bits per heavy atom. The zero-order valence-corrected chi connectivity index (χ0v) is 63.4. The molecule has 1 aromatic carbocycles. The summed E-state index contributed by atoms with van der Waals surface area (Å²) in [5, 5.41) is 92.0. The number of aliphatic hydroxyl groups excluding tert-OH is 3. The van der Waals surface area contributed by atoms with Crippen LogP contribution in [0.25, 0.3) is 0 Å². The monoisotopic (exact) mass is 1550 g/mol. The number of quaternary nitrogens is 1. The molecule has 16 atom stereocenters. The van der Waals surface area contributed by atoms with Crippen molar-refractivity contribution in [2.45, 2.75) is 230 Å². The molecule has 0 aliphatic carbocycles. The van der Waals surface area contributed by atoms with Gasteiger partial charge in [0.2, 0.25) is 76.8 Å². The molecule has 108 heavy (non-hydrogen) atoms. The van der Waals surface area contributed by atoms with Crippen molar-refractivity contribution < 1.29 is 117 Å². The van der Waals surface area contributed by atoms with Gasteiger partial charge in [-0.3, -0.25) is 76.7 Å². The number of aliphatic carboxylic acids is 3. The zero-order valence-electron chi connectivity index (χ0n) is 62.6. The molecule has 14 amide bonds. The number of nitrogens with one attached hydrogen (secondary N) is 13. The molecule has 0 unspecified atom stereocenters. The van der Waals surface area contributed by atoms with Gasteiger partial charge in [0.1, 0.15) is 72.5 Å². The number of thioether (sulfide) groups is 1. The average Bonchev–Trinajstić information content (AvgIpc) is 1.56. The predicted molar refractivity (Wildman–Crippen MR) is 386 cm³/mol. The first-order valence-corrected chi connectivity index (χ1v) is 37.4. The molecule has 2 saturated heterocycles. The van der Waals surface area contributed by atoms with Crippen LogP contribution in [0, 0.1) is 17.8 Å². The second-order valence-corrected chi connectivity index (χ2v) is 28.6. The highest BCUT2D eigenvalue weighted by Gasteiger charge is 2.43. The van der Waals surface area contributed by atoms with Gasteiger partial charge in [-0.05, 0) is 94.6 Å². The van der Waals surface area contributed by atoms with E-state index in [1.165, 1.54) is 30.5 Å². The van der Waals surface area contributed by atoms with Crippen LogP contribution in [0.4, 0.5) is 0 Å². The van der Waals surface area contributed by atoms with Gasteiger partial charge in [-0.15, -0.1) is 0 Å². The molecule has 2 heterocycles. The first-order valence-electron chi connectivity index (χ1n) is 36.0. The fourth-order valence-corrected chi connectivity index (χ4v) is 12.0. The fourth-order valence-electron chi connectivity index (χ4n) is 11.6. The number of aliphatic hydroxyl groups is 3. The lowest BCUT2D eigenvalue weighted by atomic mass is 9.95. The summed E-state index contributed by atoms with van der Waals surface area (Å²) in [5.41, 5.74) is 0.520. The van der Waals surface area contributed by atoms with E-state index in [4.69, 9.17) is 0 Å². The van der Waals surface area contributed by atoms with Crippen molar-refractivity contribution >= 4 is 112 Å². The maximum absolute atomic E-state index is 14.7. The first-order chi connectivity index (χ1) is 50.9. The van der Waals surface area contributed by atoms with Crippen LogP contribution in [0.5, 0.6) is 0 Å². The van der Waals surface area contributed by atoms with Crippen LogP contribution in [0.15, 0.2) is 30.3 Å². The summed E-state index contributed by atoms with van der Waals surface area (Å²) in [6.45, 7) is 11.3. The van der Waals surface area contributed by atoms with Gasteiger partial charge >= 0.3 is 17.9 Å². The zero-order chi connectivity index (χ0) is 81.2.